The molecule has 0 aromatic heterocycles. The zero-order chi connectivity index (χ0) is 27.0. The number of benzene rings is 2. The predicted molar refractivity (Wildman–Crippen MR) is 132 cm³/mol. The second-order valence-electron chi connectivity index (χ2n) is 9.09. The summed E-state index contributed by atoms with van der Waals surface area (Å²) in [6.07, 6.45) is -1.59. The fourth-order valence-corrected chi connectivity index (χ4v) is 4.40. The van der Waals surface area contributed by atoms with E-state index in [1.54, 1.807) is 0 Å². The molecular weight excluding hydrogens is 494 g/mol. The Labute approximate surface area is 213 Å². The lowest BCUT2D eigenvalue weighted by Crippen LogP contribution is -2.32. The molecular formula is C26H33F4N3O4. The van der Waals surface area contributed by atoms with Crippen molar-refractivity contribution in [1.29, 1.82) is 0 Å². The van der Waals surface area contributed by atoms with E-state index in [2.05, 4.69) is 21.0 Å². The number of carbonyl (C=O) groups is 1. The first-order valence-electron chi connectivity index (χ1n) is 12.2. The van der Waals surface area contributed by atoms with Crippen LogP contribution in [0.3, 0.4) is 0 Å². The zero-order valence-electron chi connectivity index (χ0n) is 20.7. The second-order valence-corrected chi connectivity index (χ2v) is 9.09. The van der Waals surface area contributed by atoms with Crippen LogP contribution in [-0.4, -0.2) is 62.7 Å². The van der Waals surface area contributed by atoms with Crippen molar-refractivity contribution in [2.24, 2.45) is 5.73 Å². The molecule has 0 saturated carbocycles. The van der Waals surface area contributed by atoms with Crippen LogP contribution >= 0.6 is 0 Å². The van der Waals surface area contributed by atoms with Gasteiger partial charge in [-0.15, -0.1) is 0 Å². The summed E-state index contributed by atoms with van der Waals surface area (Å²) in [7, 11) is 0. The van der Waals surface area contributed by atoms with E-state index in [-0.39, 0.29) is 30.8 Å². The Morgan fingerprint density at radius 1 is 1.19 bits per heavy atom. The average molecular weight is 528 g/mol. The maximum absolute atomic E-state index is 13.5. The number of amides is 1. The molecule has 0 aliphatic carbocycles. The number of rotatable bonds is 14. The highest BCUT2D eigenvalue weighted by Crippen LogP contribution is 2.34. The van der Waals surface area contributed by atoms with Crippen LogP contribution in [0.5, 0.6) is 11.5 Å². The summed E-state index contributed by atoms with van der Waals surface area (Å²) in [6.45, 7) is 2.61. The van der Waals surface area contributed by atoms with Gasteiger partial charge in [0.05, 0.1) is 11.3 Å². The van der Waals surface area contributed by atoms with E-state index < -0.39 is 24.5 Å². The first-order valence-corrected chi connectivity index (χ1v) is 12.2. The maximum atomic E-state index is 13.5. The number of halogens is 4. The zero-order valence-corrected chi connectivity index (χ0v) is 20.7. The number of hydrogen-bond donors (Lipinski definition) is 3. The van der Waals surface area contributed by atoms with Gasteiger partial charge in [0, 0.05) is 38.3 Å². The average Bonchev–Trinajstić information content (AvgIpc) is 3.23. The number of aliphatic hydroxyl groups is 1. The molecule has 1 atom stereocenters. The summed E-state index contributed by atoms with van der Waals surface area (Å²) >= 11 is 0. The molecule has 204 valence electrons. The number of aliphatic hydroxyl groups excluding tert-OH is 1. The second kappa shape index (κ2) is 13.0. The third-order valence-corrected chi connectivity index (χ3v) is 6.01. The number of nitrogens with zero attached hydrogens (tertiary/aromatic N) is 1. The molecule has 0 fully saturated rings. The Morgan fingerprint density at radius 2 is 1.97 bits per heavy atom. The van der Waals surface area contributed by atoms with Gasteiger partial charge in [0.15, 0.2) is 18.1 Å². The smallest absolute Gasteiger partial charge is 0.422 e. The Balaban J connectivity index is 1.55. The largest absolute Gasteiger partial charge is 0.488 e. The summed E-state index contributed by atoms with van der Waals surface area (Å²) < 4.78 is 61.0. The van der Waals surface area contributed by atoms with Crippen LogP contribution in [0.15, 0.2) is 30.3 Å². The van der Waals surface area contributed by atoms with Crippen molar-refractivity contribution in [1.82, 2.24) is 5.32 Å². The highest BCUT2D eigenvalue weighted by Gasteiger charge is 2.29. The van der Waals surface area contributed by atoms with Gasteiger partial charge in [-0.2, -0.15) is 13.2 Å². The van der Waals surface area contributed by atoms with Gasteiger partial charge >= 0.3 is 6.18 Å². The highest BCUT2D eigenvalue weighted by atomic mass is 19.4. The van der Waals surface area contributed by atoms with Crippen LogP contribution in [-0.2, 0) is 12.8 Å². The molecule has 0 saturated heterocycles. The molecule has 0 spiro atoms. The molecule has 0 unspecified atom stereocenters. The van der Waals surface area contributed by atoms with Crippen molar-refractivity contribution >= 4 is 11.6 Å². The third-order valence-electron chi connectivity index (χ3n) is 6.01. The van der Waals surface area contributed by atoms with E-state index in [0.29, 0.717) is 24.9 Å². The number of ether oxygens (including phenoxy) is 2. The van der Waals surface area contributed by atoms with Gasteiger partial charge < -0.3 is 30.5 Å². The fraction of sp³-hybridized carbons (Fsp3) is 0.500. The van der Waals surface area contributed by atoms with E-state index in [9.17, 15) is 22.4 Å². The van der Waals surface area contributed by atoms with Crippen molar-refractivity contribution < 1.29 is 36.9 Å². The lowest BCUT2D eigenvalue weighted by Gasteiger charge is -2.22. The van der Waals surface area contributed by atoms with Gasteiger partial charge in [-0.3, -0.25) is 4.79 Å². The van der Waals surface area contributed by atoms with Crippen molar-refractivity contribution in [2.45, 2.75) is 44.8 Å². The first kappa shape index (κ1) is 28.5. The van der Waals surface area contributed by atoms with Gasteiger partial charge in [0.2, 0.25) is 0 Å². The van der Waals surface area contributed by atoms with E-state index in [1.807, 2.05) is 13.0 Å². The van der Waals surface area contributed by atoms with E-state index in [0.717, 1.165) is 54.9 Å². The SMILES string of the molecule is C[C@H](Cc1cc2c(c(C(N)=O)c1)N(CCCCO)CC2)NCCOc1ccc(F)cc1OCC(F)(F)F. The number of nitrogens with one attached hydrogen (secondary N) is 1. The number of carbonyl (C=O) groups excluding carboxylic acids is 1. The molecule has 2 aromatic carbocycles. The van der Waals surface area contributed by atoms with Gasteiger partial charge in [-0.05, 0) is 61.9 Å². The molecule has 37 heavy (non-hydrogen) atoms. The minimum atomic E-state index is -4.55. The molecule has 7 nitrogen and oxygen atoms in total. The van der Waals surface area contributed by atoms with Gasteiger partial charge in [0.1, 0.15) is 12.4 Å². The standard InChI is InChI=1S/C26H33F4N3O4/c1-17(32-7-11-36-22-5-4-20(27)15-23(22)37-16-26(28,29)30)12-18-13-19-6-9-33(8-2-3-10-34)24(19)21(14-18)25(31)35/h4-5,13-15,17,32,34H,2-3,6-12,16H2,1H3,(H2,31,35)/t17-/m1/s1. The van der Waals surface area contributed by atoms with Crippen LogP contribution < -0.4 is 25.4 Å². The number of anilines is 1. The third kappa shape index (κ3) is 8.50. The topological polar surface area (TPSA) is 97.1 Å². The summed E-state index contributed by atoms with van der Waals surface area (Å²) in [5.41, 5.74) is 9.11. The van der Waals surface area contributed by atoms with Crippen molar-refractivity contribution in [3.8, 4) is 11.5 Å². The molecule has 1 aliphatic rings. The molecule has 0 radical (unpaired) electrons. The molecule has 3 rings (SSSR count). The molecule has 1 heterocycles. The monoisotopic (exact) mass is 527 g/mol. The Hall–Kier alpha value is -3.05. The van der Waals surface area contributed by atoms with Crippen molar-refractivity contribution in [3.05, 3.63) is 52.8 Å². The maximum Gasteiger partial charge on any atom is 0.422 e. The number of primary amides is 1. The number of nitrogens with two attached hydrogens (primary N) is 1. The van der Waals surface area contributed by atoms with Gasteiger partial charge in [-0.1, -0.05) is 6.07 Å². The molecule has 0 bridgehead atoms. The Bertz CT molecular complexity index is 1060. The van der Waals surface area contributed by atoms with Gasteiger partial charge in [0.25, 0.3) is 5.91 Å². The van der Waals surface area contributed by atoms with E-state index in [4.69, 9.17) is 15.6 Å². The predicted octanol–water partition coefficient (Wildman–Crippen LogP) is 3.60. The highest BCUT2D eigenvalue weighted by molar-refractivity contribution is 6.00. The Morgan fingerprint density at radius 3 is 2.68 bits per heavy atom. The quantitative estimate of drug-likeness (QED) is 0.257. The van der Waals surface area contributed by atoms with Crippen molar-refractivity contribution in [2.75, 3.05) is 44.4 Å². The first-order chi connectivity index (χ1) is 17.6. The van der Waals surface area contributed by atoms with Crippen LogP contribution in [0.2, 0.25) is 0 Å². The number of unbranched alkanes of at least 4 members (excludes halogenated alkanes) is 1. The van der Waals surface area contributed by atoms with Crippen LogP contribution in [0.4, 0.5) is 23.2 Å². The summed E-state index contributed by atoms with van der Waals surface area (Å²) in [5.74, 6) is -1.50. The van der Waals surface area contributed by atoms with Crippen LogP contribution in [0.25, 0.3) is 0 Å². The van der Waals surface area contributed by atoms with E-state index in [1.165, 1.54) is 6.07 Å². The van der Waals surface area contributed by atoms with Crippen LogP contribution in [0.1, 0.15) is 41.3 Å². The minimum absolute atomic E-state index is 0.00129. The summed E-state index contributed by atoms with van der Waals surface area (Å²) in [6, 6.07) is 7.08. The molecule has 4 N–H and O–H groups in total. The number of hydrogen-bond acceptors (Lipinski definition) is 6. The number of fused-ring (bicyclic) bond motifs is 1. The van der Waals surface area contributed by atoms with Crippen molar-refractivity contribution in [3.63, 3.8) is 0 Å². The number of alkyl halides is 3. The lowest BCUT2D eigenvalue weighted by atomic mass is 9.98. The summed E-state index contributed by atoms with van der Waals surface area (Å²) in [4.78, 5) is 14.3. The fourth-order valence-electron chi connectivity index (χ4n) is 4.40. The minimum Gasteiger partial charge on any atom is -0.488 e. The van der Waals surface area contributed by atoms with E-state index >= 15 is 0 Å². The molecule has 11 heteroatoms. The molecule has 2 aromatic rings. The molecule has 1 aliphatic heterocycles. The lowest BCUT2D eigenvalue weighted by molar-refractivity contribution is -0.153. The summed E-state index contributed by atoms with van der Waals surface area (Å²) in [5, 5.41) is 12.3. The van der Waals surface area contributed by atoms with Crippen LogP contribution in [0, 0.1) is 5.82 Å². The molecule has 1 amide bonds. The normalized spacial score (nSPS) is 13.9. The Kier molecular flexibility index (Phi) is 9.99. The van der Waals surface area contributed by atoms with Gasteiger partial charge in [-0.25, -0.2) is 4.39 Å².